The van der Waals surface area contributed by atoms with E-state index in [-0.39, 0.29) is 29.8 Å². The number of nitrogens with two attached hydrogens (primary N) is 1. The Morgan fingerprint density at radius 3 is 1.14 bits per heavy atom. The third kappa shape index (κ3) is 7.96. The second-order valence-electron chi connectivity index (χ2n) is 10.7. The number of rotatable bonds is 8. The van der Waals surface area contributed by atoms with Gasteiger partial charge in [-0.3, -0.25) is 19.4 Å². The van der Waals surface area contributed by atoms with Crippen molar-refractivity contribution in [2.45, 2.75) is 12.1 Å². The number of likely N-dealkylation sites (tertiary alicyclic amines) is 2. The Morgan fingerprint density at radius 2 is 0.884 bits per heavy atom. The van der Waals surface area contributed by atoms with Crippen LogP contribution in [-0.2, 0) is 9.59 Å². The number of hydrogen-bond donors (Lipinski definition) is 3. The fourth-order valence-corrected chi connectivity index (χ4v) is 5.74. The van der Waals surface area contributed by atoms with E-state index in [1.54, 1.807) is 7.05 Å². The summed E-state index contributed by atoms with van der Waals surface area (Å²) < 4.78 is 0. The highest BCUT2D eigenvalue weighted by molar-refractivity contribution is 5.79. The maximum Gasteiger partial charge on any atom is 0.309 e. The maximum atomic E-state index is 11.7. The lowest BCUT2D eigenvalue weighted by atomic mass is 9.90. The summed E-state index contributed by atoms with van der Waals surface area (Å²) in [6.45, 7) is 2.86. The number of hydrogen-bond acceptors (Lipinski definition) is 5. The van der Waals surface area contributed by atoms with Crippen molar-refractivity contribution in [1.29, 1.82) is 0 Å². The van der Waals surface area contributed by atoms with Crippen molar-refractivity contribution in [3.63, 3.8) is 0 Å². The van der Waals surface area contributed by atoms with Gasteiger partial charge in [0.1, 0.15) is 0 Å². The van der Waals surface area contributed by atoms with Crippen molar-refractivity contribution in [1.82, 2.24) is 15.1 Å². The Kier molecular flexibility index (Phi) is 11.6. The predicted molar refractivity (Wildman–Crippen MR) is 171 cm³/mol. The largest absolute Gasteiger partial charge is 0.481 e. The standard InChI is InChI=1S/C18H20N2O.C17H17NO2.CH5N/c1-19-18(21)16-12-20(13-16)17(14-8-4-2-5-9-14)15-10-6-3-7-11-15;19-17(20)15-11-18(12-15)16(13-7-3-1-4-8-13)14-9-5-2-6-10-14;1-2/h2-11,16-17H,12-13H2,1H3,(H,19,21);1-10,15-16H,11-12H2,(H,19,20);2H2,1H3. The summed E-state index contributed by atoms with van der Waals surface area (Å²) in [4.78, 5) is 27.3. The van der Waals surface area contributed by atoms with Crippen LogP contribution in [0.25, 0.3) is 0 Å². The molecular formula is C36H42N4O3. The van der Waals surface area contributed by atoms with Gasteiger partial charge in [-0.15, -0.1) is 0 Å². The molecular weight excluding hydrogens is 536 g/mol. The van der Waals surface area contributed by atoms with Gasteiger partial charge in [-0.1, -0.05) is 121 Å². The molecule has 0 unspecified atom stereocenters. The summed E-state index contributed by atoms with van der Waals surface area (Å²) in [5.74, 6) is -0.665. The van der Waals surface area contributed by atoms with Crippen LogP contribution in [0.2, 0.25) is 0 Å². The van der Waals surface area contributed by atoms with Crippen LogP contribution in [-0.4, -0.2) is 67.1 Å². The lowest BCUT2D eigenvalue weighted by Crippen LogP contribution is -2.54. The molecule has 4 aromatic carbocycles. The molecule has 2 aliphatic heterocycles. The van der Waals surface area contributed by atoms with Gasteiger partial charge in [-0.2, -0.15) is 0 Å². The summed E-state index contributed by atoms with van der Waals surface area (Å²) in [6, 6.07) is 41.9. The second-order valence-corrected chi connectivity index (χ2v) is 10.7. The molecule has 7 nitrogen and oxygen atoms in total. The average molecular weight is 579 g/mol. The van der Waals surface area contributed by atoms with Crippen molar-refractivity contribution in [2.24, 2.45) is 17.6 Å². The summed E-state index contributed by atoms with van der Waals surface area (Å²) in [5, 5.41) is 11.8. The Hall–Kier alpha value is -4.30. The van der Waals surface area contributed by atoms with Gasteiger partial charge in [0.05, 0.1) is 23.9 Å². The molecule has 0 spiro atoms. The zero-order chi connectivity index (χ0) is 30.6. The maximum absolute atomic E-state index is 11.7. The van der Waals surface area contributed by atoms with E-state index in [4.69, 9.17) is 5.11 Å². The van der Waals surface area contributed by atoms with Gasteiger partial charge in [0, 0.05) is 33.2 Å². The molecule has 2 heterocycles. The molecule has 0 aliphatic carbocycles. The highest BCUT2D eigenvalue weighted by atomic mass is 16.4. The van der Waals surface area contributed by atoms with E-state index in [0.29, 0.717) is 13.1 Å². The average Bonchev–Trinajstić information content (AvgIpc) is 3.02. The number of carbonyl (C=O) groups excluding carboxylic acids is 1. The smallest absolute Gasteiger partial charge is 0.309 e. The van der Waals surface area contributed by atoms with Gasteiger partial charge in [-0.25, -0.2) is 0 Å². The van der Waals surface area contributed by atoms with Crippen LogP contribution in [0.4, 0.5) is 0 Å². The van der Waals surface area contributed by atoms with E-state index >= 15 is 0 Å². The van der Waals surface area contributed by atoms with E-state index in [2.05, 4.69) is 93.6 Å². The fraction of sp³-hybridized carbons (Fsp3) is 0.278. The number of nitrogens with one attached hydrogen (secondary N) is 1. The molecule has 2 fully saturated rings. The highest BCUT2D eigenvalue weighted by Crippen LogP contribution is 2.35. The van der Waals surface area contributed by atoms with Crippen molar-refractivity contribution in [2.75, 3.05) is 40.3 Å². The van der Waals surface area contributed by atoms with Crippen LogP contribution in [0.15, 0.2) is 121 Å². The van der Waals surface area contributed by atoms with E-state index in [1.165, 1.54) is 29.3 Å². The quantitative estimate of drug-likeness (QED) is 0.277. The Bertz CT molecular complexity index is 1310. The molecule has 0 atom stereocenters. The molecule has 6 rings (SSSR count). The molecule has 0 saturated carbocycles. The minimum atomic E-state index is -0.693. The Morgan fingerprint density at radius 1 is 0.605 bits per heavy atom. The van der Waals surface area contributed by atoms with Crippen LogP contribution in [0, 0.1) is 11.8 Å². The molecule has 0 aromatic heterocycles. The second kappa shape index (κ2) is 15.8. The van der Waals surface area contributed by atoms with E-state index in [1.807, 2.05) is 48.5 Å². The topological polar surface area (TPSA) is 98.9 Å². The van der Waals surface area contributed by atoms with Crippen molar-refractivity contribution in [3.05, 3.63) is 144 Å². The van der Waals surface area contributed by atoms with Crippen LogP contribution in [0.3, 0.4) is 0 Å². The van der Waals surface area contributed by atoms with Crippen LogP contribution in [0.1, 0.15) is 34.3 Å². The monoisotopic (exact) mass is 578 g/mol. The number of carboxylic acid groups (broad SMARTS) is 1. The van der Waals surface area contributed by atoms with Gasteiger partial charge in [0.2, 0.25) is 5.91 Å². The molecule has 0 radical (unpaired) electrons. The van der Waals surface area contributed by atoms with Gasteiger partial charge < -0.3 is 16.2 Å². The first kappa shape index (κ1) is 31.6. The number of amides is 1. The summed E-state index contributed by atoms with van der Waals surface area (Å²) in [7, 11) is 3.21. The lowest BCUT2D eigenvalue weighted by Gasteiger charge is -2.43. The number of aliphatic carboxylic acids is 1. The van der Waals surface area contributed by atoms with E-state index in [0.717, 1.165) is 13.1 Å². The van der Waals surface area contributed by atoms with Crippen LogP contribution < -0.4 is 11.1 Å². The Labute approximate surface area is 255 Å². The molecule has 2 saturated heterocycles. The number of benzene rings is 4. The molecule has 43 heavy (non-hydrogen) atoms. The molecule has 224 valence electrons. The zero-order valence-electron chi connectivity index (χ0n) is 24.9. The highest BCUT2D eigenvalue weighted by Gasteiger charge is 2.38. The lowest BCUT2D eigenvalue weighted by molar-refractivity contribution is -0.148. The molecule has 2 aliphatic rings. The third-order valence-corrected chi connectivity index (χ3v) is 7.98. The normalized spacial score (nSPS) is 15.3. The molecule has 0 bridgehead atoms. The van der Waals surface area contributed by atoms with Gasteiger partial charge in [0.15, 0.2) is 0 Å². The summed E-state index contributed by atoms with van der Waals surface area (Å²) in [6.07, 6.45) is 0. The molecule has 4 aromatic rings. The van der Waals surface area contributed by atoms with Crippen LogP contribution >= 0.6 is 0 Å². The first-order valence-corrected chi connectivity index (χ1v) is 14.7. The van der Waals surface area contributed by atoms with Crippen LogP contribution in [0.5, 0.6) is 0 Å². The minimum absolute atomic E-state index is 0.116. The zero-order valence-corrected chi connectivity index (χ0v) is 24.9. The molecule has 7 heteroatoms. The predicted octanol–water partition coefficient (Wildman–Crippen LogP) is 4.82. The number of nitrogens with zero attached hydrogens (tertiary/aromatic N) is 2. The summed E-state index contributed by atoms with van der Waals surface area (Å²) in [5.41, 5.74) is 9.48. The first-order chi connectivity index (χ1) is 21.0. The van der Waals surface area contributed by atoms with Crippen molar-refractivity contribution >= 4 is 11.9 Å². The van der Waals surface area contributed by atoms with Crippen molar-refractivity contribution < 1.29 is 14.7 Å². The summed E-state index contributed by atoms with van der Waals surface area (Å²) >= 11 is 0. The number of carboxylic acids is 1. The van der Waals surface area contributed by atoms with E-state index < -0.39 is 5.97 Å². The SMILES string of the molecule is CN.CNC(=O)C1CN(C(c2ccccc2)c2ccccc2)C1.O=C(O)C1CN(C(c2ccccc2)c2ccccc2)C1. The third-order valence-electron chi connectivity index (χ3n) is 7.98. The van der Waals surface area contributed by atoms with Gasteiger partial charge in [0.25, 0.3) is 0 Å². The number of carbonyl (C=O) groups is 2. The molecule has 4 N–H and O–H groups in total. The van der Waals surface area contributed by atoms with Gasteiger partial charge >= 0.3 is 5.97 Å². The fourth-order valence-electron chi connectivity index (χ4n) is 5.74. The molecule has 1 amide bonds. The van der Waals surface area contributed by atoms with Gasteiger partial charge in [-0.05, 0) is 29.3 Å². The Balaban J connectivity index is 0.000000186. The first-order valence-electron chi connectivity index (χ1n) is 14.7. The minimum Gasteiger partial charge on any atom is -0.481 e. The van der Waals surface area contributed by atoms with E-state index in [9.17, 15) is 9.59 Å². The van der Waals surface area contributed by atoms with Crippen molar-refractivity contribution in [3.8, 4) is 0 Å².